The van der Waals surface area contributed by atoms with Crippen molar-refractivity contribution in [1.82, 2.24) is 10.2 Å². The van der Waals surface area contributed by atoms with Gasteiger partial charge in [-0.3, -0.25) is 4.79 Å². The van der Waals surface area contributed by atoms with Crippen molar-refractivity contribution in [3.63, 3.8) is 0 Å². The lowest BCUT2D eigenvalue weighted by molar-refractivity contribution is -0.118. The zero-order valence-corrected chi connectivity index (χ0v) is 13.1. The number of carbonyl (C=O) groups is 1. The molecule has 1 aromatic heterocycles. The lowest BCUT2D eigenvalue weighted by atomic mass is 10.1. The molecule has 0 N–H and O–H groups in total. The van der Waals surface area contributed by atoms with E-state index in [2.05, 4.69) is 30.1 Å². The minimum absolute atomic E-state index is 0.0144. The second-order valence-electron chi connectivity index (χ2n) is 5.70. The summed E-state index contributed by atoms with van der Waals surface area (Å²) >= 11 is 1.80. The van der Waals surface area contributed by atoms with Gasteiger partial charge in [-0.2, -0.15) is 0 Å². The van der Waals surface area contributed by atoms with E-state index in [9.17, 15) is 4.79 Å². The van der Waals surface area contributed by atoms with Crippen LogP contribution in [-0.2, 0) is 11.2 Å². The van der Waals surface area contributed by atoms with Crippen molar-refractivity contribution in [3.05, 3.63) is 36.0 Å². The fourth-order valence-corrected chi connectivity index (χ4v) is 3.64. The van der Waals surface area contributed by atoms with E-state index in [4.69, 9.17) is 4.42 Å². The highest BCUT2D eigenvalue weighted by Gasteiger charge is 2.34. The summed E-state index contributed by atoms with van der Waals surface area (Å²) in [7, 11) is 0. The highest BCUT2D eigenvalue weighted by Crippen LogP contribution is 2.44. The summed E-state index contributed by atoms with van der Waals surface area (Å²) in [5, 5.41) is 7.67. The fraction of sp³-hybridized carbons (Fsp3) is 0.400. The van der Waals surface area contributed by atoms with Gasteiger partial charge in [0.25, 0.3) is 0 Å². The van der Waals surface area contributed by atoms with E-state index in [1.807, 2.05) is 23.1 Å². The number of amides is 1. The number of aromatic nitrogens is 2. The van der Waals surface area contributed by atoms with Gasteiger partial charge in [-0.15, -0.1) is 22.0 Å². The first-order valence-corrected chi connectivity index (χ1v) is 7.64. The average molecular weight is 303 g/mol. The minimum atomic E-state index is -0.0191. The Labute approximate surface area is 127 Å². The van der Waals surface area contributed by atoms with Crippen molar-refractivity contribution in [1.29, 1.82) is 0 Å². The Morgan fingerprint density at radius 2 is 2.14 bits per heavy atom. The third kappa shape index (κ3) is 2.95. The SMILES string of the molecule is Cc1nnc(CC(=O)N2CC(C)(C)Sc3ccccc32)o1. The predicted molar refractivity (Wildman–Crippen MR) is 81.5 cm³/mol. The second kappa shape index (κ2) is 5.18. The van der Waals surface area contributed by atoms with Crippen molar-refractivity contribution >= 4 is 23.4 Å². The molecule has 0 aliphatic carbocycles. The molecule has 3 rings (SSSR count). The first kappa shape index (κ1) is 14.1. The molecule has 1 amide bonds. The Hall–Kier alpha value is -1.82. The normalized spacial score (nSPS) is 16.6. The molecule has 0 radical (unpaired) electrons. The van der Waals surface area contributed by atoms with Gasteiger partial charge in [-0.25, -0.2) is 0 Å². The molecule has 0 saturated heterocycles. The maximum Gasteiger partial charge on any atom is 0.236 e. The van der Waals surface area contributed by atoms with E-state index in [0.29, 0.717) is 18.3 Å². The van der Waals surface area contributed by atoms with Crippen molar-refractivity contribution in [2.75, 3.05) is 11.4 Å². The van der Waals surface area contributed by atoms with Gasteiger partial charge in [-0.05, 0) is 26.0 Å². The second-order valence-corrected chi connectivity index (χ2v) is 7.45. The molecule has 2 aromatic rings. The topological polar surface area (TPSA) is 59.2 Å². The molecule has 1 aliphatic rings. The van der Waals surface area contributed by atoms with Gasteiger partial charge in [0.15, 0.2) is 0 Å². The number of rotatable bonds is 2. The van der Waals surface area contributed by atoms with E-state index >= 15 is 0 Å². The molecular weight excluding hydrogens is 286 g/mol. The Balaban J connectivity index is 1.88. The molecule has 110 valence electrons. The molecule has 2 heterocycles. The maximum atomic E-state index is 12.6. The molecule has 5 nitrogen and oxygen atoms in total. The largest absolute Gasteiger partial charge is 0.425 e. The van der Waals surface area contributed by atoms with Gasteiger partial charge in [0, 0.05) is 23.1 Å². The first-order chi connectivity index (χ1) is 9.94. The summed E-state index contributed by atoms with van der Waals surface area (Å²) in [6, 6.07) is 7.98. The van der Waals surface area contributed by atoms with E-state index in [0.717, 1.165) is 10.6 Å². The van der Waals surface area contributed by atoms with Crippen LogP contribution in [0.15, 0.2) is 33.6 Å². The van der Waals surface area contributed by atoms with Crippen LogP contribution in [0.2, 0.25) is 0 Å². The van der Waals surface area contributed by atoms with Crippen LogP contribution in [0.25, 0.3) is 0 Å². The zero-order valence-electron chi connectivity index (χ0n) is 12.3. The number of hydrogen-bond donors (Lipinski definition) is 0. The summed E-state index contributed by atoms with van der Waals surface area (Å²) < 4.78 is 5.29. The Kier molecular flexibility index (Phi) is 3.49. The molecule has 0 fully saturated rings. The summed E-state index contributed by atoms with van der Waals surface area (Å²) in [5.41, 5.74) is 0.961. The number of nitrogens with zero attached hydrogens (tertiary/aromatic N) is 3. The number of anilines is 1. The standard InChI is InChI=1S/C15H17N3O2S/c1-10-16-17-13(20-10)8-14(19)18-9-15(2,3)21-12-7-5-4-6-11(12)18/h4-7H,8-9H2,1-3H3. The van der Waals surface area contributed by atoms with E-state index < -0.39 is 0 Å². The summed E-state index contributed by atoms with van der Waals surface area (Å²) in [4.78, 5) is 15.6. The first-order valence-electron chi connectivity index (χ1n) is 6.82. The van der Waals surface area contributed by atoms with Gasteiger partial charge >= 0.3 is 0 Å². The summed E-state index contributed by atoms with van der Waals surface area (Å²) in [6.45, 7) is 6.67. The highest BCUT2D eigenvalue weighted by molar-refractivity contribution is 8.00. The molecule has 6 heteroatoms. The molecule has 0 atom stereocenters. The van der Waals surface area contributed by atoms with Crippen LogP contribution in [0.3, 0.4) is 0 Å². The van der Waals surface area contributed by atoms with Gasteiger partial charge in [0.2, 0.25) is 17.7 Å². The molecular formula is C15H17N3O2S. The smallest absolute Gasteiger partial charge is 0.236 e. The summed E-state index contributed by atoms with van der Waals surface area (Å²) in [6.07, 6.45) is 0.135. The van der Waals surface area contributed by atoms with Crippen LogP contribution in [-0.4, -0.2) is 27.4 Å². The maximum absolute atomic E-state index is 12.6. The van der Waals surface area contributed by atoms with Crippen molar-refractivity contribution < 1.29 is 9.21 Å². The number of hydrogen-bond acceptors (Lipinski definition) is 5. The molecule has 0 bridgehead atoms. The summed E-state index contributed by atoms with van der Waals surface area (Å²) in [5.74, 6) is 0.832. The third-order valence-electron chi connectivity index (χ3n) is 3.25. The minimum Gasteiger partial charge on any atom is -0.425 e. The molecule has 0 unspecified atom stereocenters. The fourth-order valence-electron chi connectivity index (χ4n) is 2.42. The van der Waals surface area contributed by atoms with Crippen molar-refractivity contribution in [3.8, 4) is 0 Å². The zero-order chi connectivity index (χ0) is 15.0. The number of para-hydroxylation sites is 1. The Morgan fingerprint density at radius 3 is 2.86 bits per heavy atom. The van der Waals surface area contributed by atoms with Crippen molar-refractivity contribution in [2.24, 2.45) is 0 Å². The van der Waals surface area contributed by atoms with Crippen LogP contribution in [0.1, 0.15) is 25.6 Å². The quantitative estimate of drug-likeness (QED) is 0.854. The van der Waals surface area contributed by atoms with E-state index in [1.54, 1.807) is 18.7 Å². The van der Waals surface area contributed by atoms with Gasteiger partial charge < -0.3 is 9.32 Å². The lowest BCUT2D eigenvalue weighted by Crippen LogP contribution is -2.44. The number of thioether (sulfide) groups is 1. The van der Waals surface area contributed by atoms with Crippen LogP contribution >= 0.6 is 11.8 Å². The van der Waals surface area contributed by atoms with Crippen LogP contribution in [0, 0.1) is 6.92 Å². The van der Waals surface area contributed by atoms with Gasteiger partial charge in [-0.1, -0.05) is 12.1 Å². The molecule has 0 spiro atoms. The Bertz CT molecular complexity index is 681. The number of fused-ring (bicyclic) bond motifs is 1. The van der Waals surface area contributed by atoms with Crippen LogP contribution in [0.5, 0.6) is 0 Å². The van der Waals surface area contributed by atoms with Gasteiger partial charge in [0.1, 0.15) is 6.42 Å². The average Bonchev–Trinajstić information content (AvgIpc) is 2.82. The number of benzene rings is 1. The predicted octanol–water partition coefficient (Wildman–Crippen LogP) is 2.84. The Morgan fingerprint density at radius 1 is 1.38 bits per heavy atom. The van der Waals surface area contributed by atoms with E-state index in [-0.39, 0.29) is 17.1 Å². The van der Waals surface area contributed by atoms with Crippen LogP contribution in [0.4, 0.5) is 5.69 Å². The monoisotopic (exact) mass is 303 g/mol. The number of aryl methyl sites for hydroxylation is 1. The third-order valence-corrected chi connectivity index (χ3v) is 4.50. The van der Waals surface area contributed by atoms with Crippen LogP contribution < -0.4 is 4.90 Å². The highest BCUT2D eigenvalue weighted by atomic mass is 32.2. The number of carbonyl (C=O) groups excluding carboxylic acids is 1. The lowest BCUT2D eigenvalue weighted by Gasteiger charge is -2.38. The molecule has 1 aromatic carbocycles. The molecule has 1 aliphatic heterocycles. The van der Waals surface area contributed by atoms with Gasteiger partial charge in [0.05, 0.1) is 5.69 Å². The van der Waals surface area contributed by atoms with E-state index in [1.165, 1.54) is 0 Å². The molecule has 21 heavy (non-hydrogen) atoms. The molecule has 0 saturated carbocycles. The van der Waals surface area contributed by atoms with Crippen molar-refractivity contribution in [2.45, 2.75) is 36.8 Å².